The van der Waals surface area contributed by atoms with Gasteiger partial charge in [0.2, 0.25) is 12.7 Å². The summed E-state index contributed by atoms with van der Waals surface area (Å²) in [6.45, 7) is 0.232. The number of carbonyl (C=O) groups is 1. The number of aromatic amines is 1. The first-order valence-electron chi connectivity index (χ1n) is 5.62. The first-order valence-corrected chi connectivity index (χ1v) is 5.62. The van der Waals surface area contributed by atoms with Crippen LogP contribution in [0.5, 0.6) is 11.5 Å². The van der Waals surface area contributed by atoms with Crippen LogP contribution in [0.4, 0.5) is 5.69 Å². The molecule has 0 saturated carbocycles. The molecule has 0 spiro atoms. The number of nitrogens with one attached hydrogen (secondary N) is 2. The number of benzene rings is 1. The van der Waals surface area contributed by atoms with Crippen molar-refractivity contribution in [2.24, 2.45) is 0 Å². The molecule has 0 unspecified atom stereocenters. The summed E-state index contributed by atoms with van der Waals surface area (Å²) in [7, 11) is 0. The highest BCUT2D eigenvalue weighted by Gasteiger charge is 2.14. The quantitative estimate of drug-likeness (QED) is 0.867. The molecular weight excluding hydrogens is 232 g/mol. The lowest BCUT2D eigenvalue weighted by atomic mass is 10.2. The van der Waals surface area contributed by atoms with Gasteiger partial charge < -0.3 is 19.8 Å². The second-order valence-electron chi connectivity index (χ2n) is 4.01. The Bertz CT molecular complexity index is 564. The molecule has 1 aliphatic rings. The van der Waals surface area contributed by atoms with Gasteiger partial charge >= 0.3 is 0 Å². The number of fused-ring (bicyclic) bond motifs is 1. The van der Waals surface area contributed by atoms with Crippen LogP contribution < -0.4 is 14.8 Å². The first-order chi connectivity index (χ1) is 8.81. The summed E-state index contributed by atoms with van der Waals surface area (Å²) in [4.78, 5) is 14.7. The van der Waals surface area contributed by atoms with Crippen LogP contribution in [0.15, 0.2) is 36.7 Å². The standard InChI is InChI=1S/C13H12N2O3/c16-13(5-9-3-4-14-7-9)15-10-1-2-11-12(6-10)18-8-17-11/h1-4,6-7,14H,5,8H2,(H,15,16). The largest absolute Gasteiger partial charge is 0.454 e. The highest BCUT2D eigenvalue weighted by molar-refractivity contribution is 5.92. The topological polar surface area (TPSA) is 63.4 Å². The molecule has 1 aromatic carbocycles. The zero-order chi connectivity index (χ0) is 12.4. The minimum Gasteiger partial charge on any atom is -0.454 e. The number of amides is 1. The van der Waals surface area contributed by atoms with E-state index in [1.54, 1.807) is 30.6 Å². The zero-order valence-corrected chi connectivity index (χ0v) is 9.60. The monoisotopic (exact) mass is 244 g/mol. The molecule has 0 fully saturated rings. The molecule has 1 aromatic heterocycles. The maximum Gasteiger partial charge on any atom is 0.231 e. The average Bonchev–Trinajstić information content (AvgIpc) is 2.98. The van der Waals surface area contributed by atoms with Crippen molar-refractivity contribution in [2.75, 3.05) is 12.1 Å². The van der Waals surface area contributed by atoms with Gasteiger partial charge in [-0.1, -0.05) is 0 Å². The van der Waals surface area contributed by atoms with Gasteiger partial charge in [-0.3, -0.25) is 4.79 Å². The van der Waals surface area contributed by atoms with E-state index in [0.29, 0.717) is 23.6 Å². The third kappa shape index (κ3) is 2.15. The average molecular weight is 244 g/mol. The smallest absolute Gasteiger partial charge is 0.231 e. The summed E-state index contributed by atoms with van der Waals surface area (Å²) in [5, 5.41) is 2.82. The Morgan fingerprint density at radius 1 is 1.28 bits per heavy atom. The molecule has 0 aliphatic carbocycles. The van der Waals surface area contributed by atoms with Crippen LogP contribution in [0.3, 0.4) is 0 Å². The fourth-order valence-corrected chi connectivity index (χ4v) is 1.83. The molecular formula is C13H12N2O3. The van der Waals surface area contributed by atoms with Gasteiger partial charge in [0.15, 0.2) is 11.5 Å². The van der Waals surface area contributed by atoms with Crippen LogP contribution in [-0.2, 0) is 11.2 Å². The van der Waals surface area contributed by atoms with Crippen molar-refractivity contribution < 1.29 is 14.3 Å². The molecule has 5 heteroatoms. The lowest BCUT2D eigenvalue weighted by molar-refractivity contribution is -0.115. The zero-order valence-electron chi connectivity index (χ0n) is 9.60. The molecule has 2 N–H and O–H groups in total. The second kappa shape index (κ2) is 4.44. The number of aromatic nitrogens is 1. The van der Waals surface area contributed by atoms with Crippen molar-refractivity contribution in [1.29, 1.82) is 0 Å². The Kier molecular flexibility index (Phi) is 2.64. The van der Waals surface area contributed by atoms with Crippen LogP contribution in [0, 0.1) is 0 Å². The molecule has 0 saturated heterocycles. The van der Waals surface area contributed by atoms with E-state index in [1.807, 2.05) is 6.07 Å². The Balaban J connectivity index is 1.67. The maximum absolute atomic E-state index is 11.8. The van der Waals surface area contributed by atoms with Crippen LogP contribution in [0.1, 0.15) is 5.56 Å². The predicted octanol–water partition coefficient (Wildman–Crippen LogP) is 1.92. The molecule has 92 valence electrons. The van der Waals surface area contributed by atoms with E-state index in [2.05, 4.69) is 10.3 Å². The van der Waals surface area contributed by atoms with Gasteiger partial charge in [0, 0.05) is 24.1 Å². The molecule has 1 amide bonds. The number of hydrogen-bond donors (Lipinski definition) is 2. The van der Waals surface area contributed by atoms with Crippen molar-refractivity contribution in [2.45, 2.75) is 6.42 Å². The van der Waals surface area contributed by atoms with Crippen molar-refractivity contribution in [3.63, 3.8) is 0 Å². The third-order valence-electron chi connectivity index (χ3n) is 2.68. The molecule has 3 rings (SSSR count). The summed E-state index contributed by atoms with van der Waals surface area (Å²) in [5.41, 5.74) is 1.66. The molecule has 1 aliphatic heterocycles. The van der Waals surface area contributed by atoms with Crippen LogP contribution in [0.25, 0.3) is 0 Å². The van der Waals surface area contributed by atoms with Crippen molar-refractivity contribution >= 4 is 11.6 Å². The molecule has 0 radical (unpaired) electrons. The molecule has 2 aromatic rings. The Labute approximate surface area is 104 Å². The normalized spacial score (nSPS) is 12.4. The van der Waals surface area contributed by atoms with E-state index in [4.69, 9.17) is 9.47 Å². The van der Waals surface area contributed by atoms with Gasteiger partial charge in [-0.25, -0.2) is 0 Å². The summed E-state index contributed by atoms with van der Waals surface area (Å²) >= 11 is 0. The van der Waals surface area contributed by atoms with Crippen molar-refractivity contribution in [3.8, 4) is 11.5 Å². The van der Waals surface area contributed by atoms with E-state index in [-0.39, 0.29) is 12.7 Å². The van der Waals surface area contributed by atoms with Crippen LogP contribution in [-0.4, -0.2) is 17.7 Å². The lowest BCUT2D eigenvalue weighted by Gasteiger charge is -2.05. The first kappa shape index (κ1) is 10.7. The van der Waals surface area contributed by atoms with Gasteiger partial charge in [0.25, 0.3) is 0 Å². The van der Waals surface area contributed by atoms with Crippen LogP contribution in [0.2, 0.25) is 0 Å². The van der Waals surface area contributed by atoms with Gasteiger partial charge in [-0.15, -0.1) is 0 Å². The van der Waals surface area contributed by atoms with Gasteiger partial charge in [0.05, 0.1) is 6.42 Å². The van der Waals surface area contributed by atoms with Crippen molar-refractivity contribution in [1.82, 2.24) is 4.98 Å². The minimum atomic E-state index is -0.0616. The molecule has 18 heavy (non-hydrogen) atoms. The fourth-order valence-electron chi connectivity index (χ4n) is 1.83. The van der Waals surface area contributed by atoms with E-state index < -0.39 is 0 Å². The van der Waals surface area contributed by atoms with E-state index in [0.717, 1.165) is 5.56 Å². The summed E-state index contributed by atoms with van der Waals surface area (Å²) < 4.78 is 10.5. The van der Waals surface area contributed by atoms with E-state index in [1.165, 1.54) is 0 Å². The Hall–Kier alpha value is -2.43. The number of ether oxygens (including phenoxy) is 2. The number of rotatable bonds is 3. The summed E-state index contributed by atoms with van der Waals surface area (Å²) in [6.07, 6.45) is 3.94. The number of hydrogen-bond acceptors (Lipinski definition) is 3. The van der Waals surface area contributed by atoms with Gasteiger partial charge in [0.1, 0.15) is 0 Å². The van der Waals surface area contributed by atoms with E-state index in [9.17, 15) is 4.79 Å². The van der Waals surface area contributed by atoms with Gasteiger partial charge in [-0.05, 0) is 23.8 Å². The van der Waals surface area contributed by atoms with Crippen molar-refractivity contribution in [3.05, 3.63) is 42.2 Å². The van der Waals surface area contributed by atoms with E-state index >= 15 is 0 Å². The second-order valence-corrected chi connectivity index (χ2v) is 4.01. The molecule has 5 nitrogen and oxygen atoms in total. The number of H-pyrrole nitrogens is 1. The molecule has 0 bridgehead atoms. The lowest BCUT2D eigenvalue weighted by Crippen LogP contribution is -2.13. The third-order valence-corrected chi connectivity index (χ3v) is 2.68. The Morgan fingerprint density at radius 2 is 2.17 bits per heavy atom. The molecule has 2 heterocycles. The fraction of sp³-hybridized carbons (Fsp3) is 0.154. The summed E-state index contributed by atoms with van der Waals surface area (Å²) in [5.74, 6) is 1.31. The highest BCUT2D eigenvalue weighted by atomic mass is 16.7. The Morgan fingerprint density at radius 3 is 3.00 bits per heavy atom. The van der Waals surface area contributed by atoms with Gasteiger partial charge in [-0.2, -0.15) is 0 Å². The SMILES string of the molecule is O=C(Cc1cc[nH]c1)Nc1ccc2c(c1)OCO2. The molecule has 0 atom stereocenters. The summed E-state index contributed by atoms with van der Waals surface area (Å²) in [6, 6.07) is 7.22. The maximum atomic E-state index is 11.8. The highest BCUT2D eigenvalue weighted by Crippen LogP contribution is 2.34. The minimum absolute atomic E-state index is 0.0616. The van der Waals surface area contributed by atoms with Crippen LogP contribution >= 0.6 is 0 Å². The predicted molar refractivity (Wildman–Crippen MR) is 65.7 cm³/mol. The number of carbonyl (C=O) groups excluding carboxylic acids is 1. The number of anilines is 1.